The van der Waals surface area contributed by atoms with Crippen LogP contribution >= 0.6 is 23.8 Å². The largest absolute Gasteiger partial charge is 0.308 e. The van der Waals surface area contributed by atoms with Crippen molar-refractivity contribution < 1.29 is 0 Å². The van der Waals surface area contributed by atoms with E-state index in [0.29, 0.717) is 3.95 Å². The second kappa shape index (κ2) is 7.83. The minimum Gasteiger partial charge on any atom is -0.308 e. The molecule has 0 aliphatic heterocycles. The fraction of sp³-hybridized carbons (Fsp3) is 0.167. The number of pyridine rings is 1. The molecule has 2 aromatic carbocycles. The summed E-state index contributed by atoms with van der Waals surface area (Å²) in [5.41, 5.74) is 8.63. The molecule has 154 valence electrons. The normalized spacial score (nSPS) is 11.3. The number of rotatable bonds is 4. The average Bonchev–Trinajstić information content (AvgIpc) is 3.33. The second-order valence-corrected chi connectivity index (χ2v) is 9.11. The van der Waals surface area contributed by atoms with Crippen LogP contribution in [0.2, 0.25) is 0 Å². The van der Waals surface area contributed by atoms with E-state index in [2.05, 4.69) is 63.3 Å². The summed E-state index contributed by atoms with van der Waals surface area (Å²) in [5.74, 6) is 1.79. The van der Waals surface area contributed by atoms with Gasteiger partial charge in [-0.05, 0) is 72.8 Å². The molecule has 0 saturated heterocycles. The summed E-state index contributed by atoms with van der Waals surface area (Å²) in [6.07, 6.45) is 0. The highest BCUT2D eigenvalue weighted by atomic mass is 32.2. The summed E-state index contributed by atoms with van der Waals surface area (Å²) in [7, 11) is 0. The quantitative estimate of drug-likeness (QED) is 0.333. The summed E-state index contributed by atoms with van der Waals surface area (Å²) in [5, 5.41) is 0. The van der Waals surface area contributed by atoms with Crippen molar-refractivity contribution in [2.45, 2.75) is 27.3 Å². The van der Waals surface area contributed by atoms with Crippen molar-refractivity contribution in [2.75, 3.05) is 0 Å². The molecule has 1 N–H and O–H groups in total. The standard InChI is InChI=1S/C24H21N5S2/c1-14-12-15(2)25-23-21(14)26-16(3)29(23)13-17-8-10-18(11-9-17)19-6-4-5-7-20(19)22-27-24(30)31-28-22/h4-12H,13H2,1-3H3,(H,27,28,30). The van der Waals surface area contributed by atoms with Gasteiger partial charge < -0.3 is 4.57 Å². The lowest BCUT2D eigenvalue weighted by molar-refractivity contribution is 0.776. The van der Waals surface area contributed by atoms with Crippen molar-refractivity contribution in [3.63, 3.8) is 0 Å². The van der Waals surface area contributed by atoms with E-state index >= 15 is 0 Å². The molecule has 5 nitrogen and oxygen atoms in total. The van der Waals surface area contributed by atoms with Crippen LogP contribution in [-0.4, -0.2) is 23.9 Å². The number of imidazole rings is 1. The van der Waals surface area contributed by atoms with Gasteiger partial charge in [0.2, 0.25) is 0 Å². The Morgan fingerprint density at radius 3 is 2.39 bits per heavy atom. The van der Waals surface area contributed by atoms with Gasteiger partial charge in [0.15, 0.2) is 9.60 Å². The Morgan fingerprint density at radius 2 is 1.68 bits per heavy atom. The number of aromatic amines is 1. The molecule has 0 fully saturated rings. The Balaban J connectivity index is 1.50. The Hall–Kier alpha value is -3.16. The van der Waals surface area contributed by atoms with Crippen LogP contribution in [-0.2, 0) is 6.54 Å². The molecule has 0 bridgehead atoms. The Bertz CT molecular complexity index is 1460. The summed E-state index contributed by atoms with van der Waals surface area (Å²) >= 11 is 6.56. The van der Waals surface area contributed by atoms with Crippen molar-refractivity contribution in [2.24, 2.45) is 0 Å². The molecular weight excluding hydrogens is 422 g/mol. The van der Waals surface area contributed by atoms with Crippen LogP contribution in [0.15, 0.2) is 54.6 Å². The zero-order chi connectivity index (χ0) is 21.5. The molecule has 0 aliphatic rings. The van der Waals surface area contributed by atoms with Crippen LogP contribution in [0.3, 0.4) is 0 Å². The second-order valence-electron chi connectivity index (χ2n) is 7.67. The van der Waals surface area contributed by atoms with E-state index in [4.69, 9.17) is 22.2 Å². The third-order valence-electron chi connectivity index (χ3n) is 5.44. The number of fused-ring (bicyclic) bond motifs is 1. The molecule has 0 spiro atoms. The van der Waals surface area contributed by atoms with Crippen molar-refractivity contribution in [3.8, 4) is 22.5 Å². The summed E-state index contributed by atoms with van der Waals surface area (Å²) < 4.78 is 6.02. The van der Waals surface area contributed by atoms with Crippen molar-refractivity contribution in [3.05, 3.63) is 81.2 Å². The summed E-state index contributed by atoms with van der Waals surface area (Å²) in [6.45, 7) is 6.90. The third kappa shape index (κ3) is 3.71. The Kier molecular flexibility index (Phi) is 5.00. The number of hydrogen-bond acceptors (Lipinski definition) is 5. The van der Waals surface area contributed by atoms with E-state index in [1.54, 1.807) is 0 Å². The monoisotopic (exact) mass is 443 g/mol. The first-order chi connectivity index (χ1) is 15.0. The first-order valence-electron chi connectivity index (χ1n) is 10.0. The molecule has 3 heterocycles. The van der Waals surface area contributed by atoms with Gasteiger partial charge in [0, 0.05) is 11.3 Å². The van der Waals surface area contributed by atoms with Crippen LogP contribution in [0.25, 0.3) is 33.7 Å². The van der Waals surface area contributed by atoms with Crippen LogP contribution < -0.4 is 0 Å². The number of aryl methyl sites for hydroxylation is 3. The molecule has 0 unspecified atom stereocenters. The summed E-state index contributed by atoms with van der Waals surface area (Å²) in [4.78, 5) is 13.9. The minimum absolute atomic E-state index is 0.613. The van der Waals surface area contributed by atoms with Gasteiger partial charge in [-0.25, -0.2) is 15.0 Å². The number of nitrogens with zero attached hydrogens (tertiary/aromatic N) is 4. The molecule has 0 radical (unpaired) electrons. The first kappa shape index (κ1) is 19.8. The molecule has 31 heavy (non-hydrogen) atoms. The van der Waals surface area contributed by atoms with Gasteiger partial charge in [0.05, 0.1) is 6.54 Å². The Labute approximate surface area is 189 Å². The topological polar surface area (TPSA) is 59.4 Å². The fourth-order valence-corrected chi connectivity index (χ4v) is 4.65. The molecule has 5 aromatic rings. The molecule has 0 saturated carbocycles. The fourth-order valence-electron chi connectivity index (χ4n) is 3.96. The SMILES string of the molecule is Cc1cc(C)c2nc(C)n(Cc3ccc(-c4ccccc4-c4nc(=S)s[nH]4)cc3)c2n1. The number of benzene rings is 2. The number of nitrogens with one attached hydrogen (secondary N) is 1. The summed E-state index contributed by atoms with van der Waals surface area (Å²) in [6, 6.07) is 19.0. The van der Waals surface area contributed by atoms with Gasteiger partial charge >= 0.3 is 0 Å². The van der Waals surface area contributed by atoms with Crippen molar-refractivity contribution in [1.82, 2.24) is 23.9 Å². The predicted octanol–water partition coefficient (Wildman–Crippen LogP) is 6.25. The number of aromatic nitrogens is 5. The zero-order valence-corrected chi connectivity index (χ0v) is 19.1. The first-order valence-corrected chi connectivity index (χ1v) is 11.3. The van der Waals surface area contributed by atoms with E-state index in [-0.39, 0.29) is 0 Å². The van der Waals surface area contributed by atoms with E-state index in [9.17, 15) is 0 Å². The smallest absolute Gasteiger partial charge is 0.198 e. The van der Waals surface area contributed by atoms with Gasteiger partial charge in [-0.2, -0.15) is 0 Å². The lowest BCUT2D eigenvalue weighted by Crippen LogP contribution is -2.03. The van der Waals surface area contributed by atoms with E-state index in [0.717, 1.165) is 57.3 Å². The maximum absolute atomic E-state index is 5.19. The van der Waals surface area contributed by atoms with Crippen LogP contribution in [0.5, 0.6) is 0 Å². The van der Waals surface area contributed by atoms with E-state index < -0.39 is 0 Å². The third-order valence-corrected chi connectivity index (χ3v) is 6.34. The van der Waals surface area contributed by atoms with Gasteiger partial charge in [-0.1, -0.05) is 48.5 Å². The van der Waals surface area contributed by atoms with Crippen LogP contribution in [0, 0.1) is 24.7 Å². The molecule has 3 aromatic heterocycles. The van der Waals surface area contributed by atoms with E-state index in [1.165, 1.54) is 17.1 Å². The van der Waals surface area contributed by atoms with Crippen molar-refractivity contribution in [1.29, 1.82) is 0 Å². The molecule has 0 atom stereocenters. The molecule has 7 heteroatoms. The van der Waals surface area contributed by atoms with Gasteiger partial charge in [-0.3, -0.25) is 4.37 Å². The van der Waals surface area contributed by atoms with Crippen molar-refractivity contribution >= 4 is 34.9 Å². The lowest BCUT2D eigenvalue weighted by Gasteiger charge is -2.10. The van der Waals surface area contributed by atoms with Crippen LogP contribution in [0.4, 0.5) is 0 Å². The number of H-pyrrole nitrogens is 1. The maximum Gasteiger partial charge on any atom is 0.198 e. The van der Waals surface area contributed by atoms with Crippen LogP contribution in [0.1, 0.15) is 22.6 Å². The minimum atomic E-state index is 0.613. The molecule has 5 rings (SSSR count). The highest BCUT2D eigenvalue weighted by Crippen LogP contribution is 2.31. The molecular formula is C24H21N5S2. The highest BCUT2D eigenvalue weighted by Gasteiger charge is 2.13. The Morgan fingerprint density at radius 1 is 0.935 bits per heavy atom. The van der Waals surface area contributed by atoms with Gasteiger partial charge in [0.25, 0.3) is 0 Å². The number of hydrogen-bond donors (Lipinski definition) is 1. The lowest BCUT2D eigenvalue weighted by atomic mass is 9.98. The predicted molar refractivity (Wildman–Crippen MR) is 129 cm³/mol. The van der Waals surface area contributed by atoms with Gasteiger partial charge in [-0.15, -0.1) is 0 Å². The maximum atomic E-state index is 5.19. The molecule has 0 aliphatic carbocycles. The zero-order valence-electron chi connectivity index (χ0n) is 17.5. The average molecular weight is 444 g/mol. The van der Waals surface area contributed by atoms with E-state index in [1.807, 2.05) is 26.0 Å². The highest BCUT2D eigenvalue weighted by molar-refractivity contribution is 7.73. The molecule has 0 amide bonds. The van der Waals surface area contributed by atoms with Gasteiger partial charge in [0.1, 0.15) is 17.2 Å².